The van der Waals surface area contributed by atoms with E-state index in [2.05, 4.69) is 45.9 Å². The zero-order chi connectivity index (χ0) is 15.8. The van der Waals surface area contributed by atoms with Gasteiger partial charge in [0, 0.05) is 19.6 Å². The minimum atomic E-state index is 0.0396. The maximum absolute atomic E-state index is 5.64. The molecule has 0 saturated carbocycles. The van der Waals surface area contributed by atoms with E-state index in [0.717, 1.165) is 25.8 Å². The van der Waals surface area contributed by atoms with E-state index in [4.69, 9.17) is 4.74 Å². The molecule has 0 aromatic carbocycles. The monoisotopic (exact) mass is 295 g/mol. The lowest BCUT2D eigenvalue weighted by Gasteiger charge is -2.26. The number of nitrogens with zero attached hydrogens (tertiary/aromatic N) is 4. The second kappa shape index (κ2) is 8.64. The summed E-state index contributed by atoms with van der Waals surface area (Å²) >= 11 is 0. The first-order chi connectivity index (χ1) is 10.0. The highest BCUT2D eigenvalue weighted by atomic mass is 16.5. The van der Waals surface area contributed by atoms with Crippen LogP contribution in [0, 0.1) is 0 Å². The van der Waals surface area contributed by atoms with Crippen LogP contribution in [-0.2, 0) is 0 Å². The summed E-state index contributed by atoms with van der Waals surface area (Å²) in [7, 11) is 2.02. The van der Waals surface area contributed by atoms with E-state index in [1.54, 1.807) is 0 Å². The van der Waals surface area contributed by atoms with Crippen LogP contribution in [0.2, 0.25) is 0 Å². The maximum atomic E-state index is 5.64. The van der Waals surface area contributed by atoms with Crippen LogP contribution in [0.4, 0.5) is 11.9 Å². The second-order valence-electron chi connectivity index (χ2n) is 5.42. The molecule has 120 valence electrons. The SMILES string of the molecule is CCCNc1nc(OC(C)C)nc(N(C)C(CC)CC)n1. The molecule has 0 unspecified atom stereocenters. The Bertz CT molecular complexity index is 421. The second-order valence-corrected chi connectivity index (χ2v) is 5.42. The molecule has 21 heavy (non-hydrogen) atoms. The van der Waals surface area contributed by atoms with Gasteiger partial charge in [0.05, 0.1) is 6.10 Å². The molecule has 0 aliphatic rings. The van der Waals surface area contributed by atoms with Crippen molar-refractivity contribution in [1.29, 1.82) is 0 Å². The summed E-state index contributed by atoms with van der Waals surface area (Å²) < 4.78 is 5.64. The smallest absolute Gasteiger partial charge is 0.323 e. The predicted molar refractivity (Wildman–Crippen MR) is 87.1 cm³/mol. The Hall–Kier alpha value is -1.59. The van der Waals surface area contributed by atoms with Gasteiger partial charge >= 0.3 is 6.01 Å². The van der Waals surface area contributed by atoms with Gasteiger partial charge in [-0.3, -0.25) is 0 Å². The minimum Gasteiger partial charge on any atom is -0.461 e. The fraction of sp³-hybridized carbons (Fsp3) is 0.800. The zero-order valence-electron chi connectivity index (χ0n) is 14.2. The van der Waals surface area contributed by atoms with Gasteiger partial charge in [0.15, 0.2) is 0 Å². The molecule has 0 radical (unpaired) electrons. The Morgan fingerprint density at radius 2 is 1.76 bits per heavy atom. The lowest BCUT2D eigenvalue weighted by molar-refractivity contribution is 0.222. The molecule has 1 aromatic heterocycles. The molecule has 1 aromatic rings. The molecule has 0 spiro atoms. The average Bonchev–Trinajstić information content (AvgIpc) is 2.45. The Morgan fingerprint density at radius 3 is 2.29 bits per heavy atom. The fourth-order valence-electron chi connectivity index (χ4n) is 2.08. The third-order valence-corrected chi connectivity index (χ3v) is 3.28. The number of anilines is 2. The quantitative estimate of drug-likeness (QED) is 0.755. The van der Waals surface area contributed by atoms with Crippen molar-refractivity contribution in [2.75, 3.05) is 23.8 Å². The van der Waals surface area contributed by atoms with Crippen molar-refractivity contribution < 1.29 is 4.74 Å². The zero-order valence-corrected chi connectivity index (χ0v) is 14.2. The molecular weight excluding hydrogens is 266 g/mol. The Balaban J connectivity index is 3.04. The van der Waals surface area contributed by atoms with Crippen LogP contribution in [0.3, 0.4) is 0 Å². The van der Waals surface area contributed by atoms with E-state index in [0.29, 0.717) is 23.9 Å². The summed E-state index contributed by atoms with van der Waals surface area (Å²) in [5.74, 6) is 1.24. The van der Waals surface area contributed by atoms with Crippen LogP contribution in [0.5, 0.6) is 6.01 Å². The van der Waals surface area contributed by atoms with Crippen LogP contribution in [-0.4, -0.2) is 40.7 Å². The first-order valence-electron chi connectivity index (χ1n) is 7.91. The summed E-state index contributed by atoms with van der Waals surface area (Å²) in [5.41, 5.74) is 0. The largest absolute Gasteiger partial charge is 0.461 e. The number of ether oxygens (including phenoxy) is 1. The minimum absolute atomic E-state index is 0.0396. The van der Waals surface area contributed by atoms with E-state index in [1.165, 1.54) is 0 Å². The van der Waals surface area contributed by atoms with Crippen LogP contribution in [0.25, 0.3) is 0 Å². The third kappa shape index (κ3) is 5.36. The van der Waals surface area contributed by atoms with Gasteiger partial charge < -0.3 is 15.0 Å². The van der Waals surface area contributed by atoms with E-state index >= 15 is 0 Å². The number of aromatic nitrogens is 3. The highest BCUT2D eigenvalue weighted by Crippen LogP contribution is 2.19. The molecule has 0 atom stereocenters. The van der Waals surface area contributed by atoms with Crippen molar-refractivity contribution in [3.63, 3.8) is 0 Å². The van der Waals surface area contributed by atoms with Crippen LogP contribution in [0.15, 0.2) is 0 Å². The van der Waals surface area contributed by atoms with Gasteiger partial charge in [-0.15, -0.1) is 0 Å². The van der Waals surface area contributed by atoms with Crippen molar-refractivity contribution in [1.82, 2.24) is 15.0 Å². The molecular formula is C15H29N5O. The Labute approximate surface area is 128 Å². The van der Waals surface area contributed by atoms with Crippen molar-refractivity contribution >= 4 is 11.9 Å². The molecule has 0 aliphatic heterocycles. The fourth-order valence-corrected chi connectivity index (χ4v) is 2.08. The highest BCUT2D eigenvalue weighted by Gasteiger charge is 2.17. The van der Waals surface area contributed by atoms with Gasteiger partial charge in [-0.05, 0) is 33.1 Å². The topological polar surface area (TPSA) is 63.2 Å². The van der Waals surface area contributed by atoms with E-state index < -0.39 is 0 Å². The molecule has 0 amide bonds. The van der Waals surface area contributed by atoms with Crippen molar-refractivity contribution in [2.24, 2.45) is 0 Å². The lowest BCUT2D eigenvalue weighted by atomic mass is 10.1. The normalized spacial score (nSPS) is 11.0. The summed E-state index contributed by atoms with van der Waals surface area (Å²) in [6.07, 6.45) is 3.16. The molecule has 0 saturated heterocycles. The first-order valence-corrected chi connectivity index (χ1v) is 7.91. The molecule has 1 N–H and O–H groups in total. The molecule has 6 heteroatoms. The molecule has 0 bridgehead atoms. The van der Waals surface area contributed by atoms with E-state index in [9.17, 15) is 0 Å². The highest BCUT2D eigenvalue weighted by molar-refractivity contribution is 5.38. The number of rotatable bonds is 9. The molecule has 1 rings (SSSR count). The van der Waals surface area contributed by atoms with E-state index in [-0.39, 0.29) is 6.10 Å². The van der Waals surface area contributed by atoms with Gasteiger partial charge in [-0.2, -0.15) is 15.0 Å². The molecule has 1 heterocycles. The summed E-state index contributed by atoms with van der Waals surface area (Å²) in [4.78, 5) is 15.4. The van der Waals surface area contributed by atoms with Gasteiger partial charge in [0.2, 0.25) is 11.9 Å². The average molecular weight is 295 g/mol. The standard InChI is InChI=1S/C15H29N5O/c1-7-10-16-13-17-14(20(6)12(8-2)9-3)19-15(18-13)21-11(4)5/h11-12H,7-10H2,1-6H3,(H,16,17,18,19). The Kier molecular flexibility index (Phi) is 7.19. The van der Waals surface area contributed by atoms with Crippen molar-refractivity contribution in [2.45, 2.75) is 66.0 Å². The van der Waals surface area contributed by atoms with Gasteiger partial charge in [-0.25, -0.2) is 0 Å². The van der Waals surface area contributed by atoms with Gasteiger partial charge in [0.25, 0.3) is 0 Å². The van der Waals surface area contributed by atoms with Crippen LogP contribution < -0.4 is 15.0 Å². The lowest BCUT2D eigenvalue weighted by Crippen LogP contribution is -2.32. The van der Waals surface area contributed by atoms with Crippen LogP contribution in [0.1, 0.15) is 53.9 Å². The maximum Gasteiger partial charge on any atom is 0.323 e. The number of hydrogen-bond donors (Lipinski definition) is 1. The summed E-state index contributed by atoms with van der Waals surface area (Å²) in [5, 5.41) is 3.21. The molecule has 0 aliphatic carbocycles. The van der Waals surface area contributed by atoms with Crippen LogP contribution >= 0.6 is 0 Å². The number of nitrogens with one attached hydrogen (secondary N) is 1. The Morgan fingerprint density at radius 1 is 1.10 bits per heavy atom. The van der Waals surface area contributed by atoms with Crippen molar-refractivity contribution in [3.05, 3.63) is 0 Å². The first kappa shape index (κ1) is 17.5. The van der Waals surface area contributed by atoms with Crippen molar-refractivity contribution in [3.8, 4) is 6.01 Å². The summed E-state index contributed by atoms with van der Waals surface area (Å²) in [6, 6.07) is 0.796. The predicted octanol–water partition coefficient (Wildman–Crippen LogP) is 3.11. The third-order valence-electron chi connectivity index (χ3n) is 3.28. The molecule has 6 nitrogen and oxygen atoms in total. The van der Waals surface area contributed by atoms with Gasteiger partial charge in [0.1, 0.15) is 0 Å². The van der Waals surface area contributed by atoms with E-state index in [1.807, 2.05) is 20.9 Å². The van der Waals surface area contributed by atoms with Gasteiger partial charge in [-0.1, -0.05) is 20.8 Å². The number of hydrogen-bond acceptors (Lipinski definition) is 6. The summed E-state index contributed by atoms with van der Waals surface area (Å²) in [6.45, 7) is 11.2. The molecule has 0 fully saturated rings.